The van der Waals surface area contributed by atoms with Gasteiger partial charge in [-0.05, 0) is 30.2 Å². The summed E-state index contributed by atoms with van der Waals surface area (Å²) in [4.78, 5) is 15.2. The summed E-state index contributed by atoms with van der Waals surface area (Å²) in [7, 11) is 1.62. The number of hydrogen-bond donors (Lipinski definition) is 3. The van der Waals surface area contributed by atoms with E-state index in [9.17, 15) is 13.6 Å². The highest BCUT2D eigenvalue weighted by atomic mass is 19.3. The average Bonchev–Trinajstić information content (AvgIpc) is 3.18. The highest BCUT2D eigenvalue weighted by Gasteiger charge is 2.20. The van der Waals surface area contributed by atoms with Crippen LogP contribution in [0.4, 0.5) is 14.5 Å². The van der Waals surface area contributed by atoms with Crippen molar-refractivity contribution in [1.29, 1.82) is 0 Å². The highest BCUT2D eigenvalue weighted by Crippen LogP contribution is 2.38. The summed E-state index contributed by atoms with van der Waals surface area (Å²) >= 11 is 0. The minimum Gasteiger partial charge on any atom is -0.454 e. The molecule has 3 rings (SSSR count). The van der Waals surface area contributed by atoms with Crippen molar-refractivity contribution in [3.8, 4) is 17.2 Å². The molecule has 3 N–H and O–H groups in total. The van der Waals surface area contributed by atoms with Gasteiger partial charge in [-0.15, -0.1) is 0 Å². The average molecular weight is 434 g/mol. The number of guanidine groups is 1. The van der Waals surface area contributed by atoms with Gasteiger partial charge in [-0.3, -0.25) is 9.79 Å². The molecule has 0 aliphatic carbocycles. The Morgan fingerprint density at radius 1 is 1.16 bits per heavy atom. The zero-order valence-corrected chi connectivity index (χ0v) is 17.2. The van der Waals surface area contributed by atoms with E-state index in [1.807, 2.05) is 24.3 Å². The van der Waals surface area contributed by atoms with Crippen molar-refractivity contribution < 1.29 is 27.8 Å². The predicted octanol–water partition coefficient (Wildman–Crippen LogP) is 2.88. The minimum absolute atomic E-state index is 0.0152. The maximum absolute atomic E-state index is 12.8. The number of ether oxygens (including phenoxy) is 3. The number of halogens is 2. The number of amides is 1. The van der Waals surface area contributed by atoms with Crippen LogP contribution in [0.5, 0.6) is 17.2 Å². The number of anilines is 1. The van der Waals surface area contributed by atoms with Gasteiger partial charge in [0.25, 0.3) is 0 Å². The van der Waals surface area contributed by atoms with E-state index < -0.39 is 6.61 Å². The third-order valence-corrected chi connectivity index (χ3v) is 4.42. The largest absolute Gasteiger partial charge is 0.454 e. The fourth-order valence-corrected chi connectivity index (χ4v) is 2.99. The van der Waals surface area contributed by atoms with E-state index in [4.69, 9.17) is 9.47 Å². The molecule has 1 aliphatic heterocycles. The van der Waals surface area contributed by atoms with E-state index >= 15 is 0 Å². The second-order valence-electron chi connectivity index (χ2n) is 6.67. The molecular weight excluding hydrogens is 410 g/mol. The number of rotatable bonds is 8. The van der Waals surface area contributed by atoms with Gasteiger partial charge in [0.2, 0.25) is 12.7 Å². The lowest BCUT2D eigenvalue weighted by Crippen LogP contribution is -2.38. The highest BCUT2D eigenvalue weighted by molar-refractivity contribution is 5.88. The zero-order chi connectivity index (χ0) is 22.2. The summed E-state index contributed by atoms with van der Waals surface area (Å²) < 4.78 is 40.7. The van der Waals surface area contributed by atoms with Gasteiger partial charge in [-0.2, -0.15) is 8.78 Å². The molecular formula is C21H24F2N4O4. The number of aliphatic imine (C=N–C) groups is 1. The molecule has 0 atom stereocenters. The molecule has 10 heteroatoms. The van der Waals surface area contributed by atoms with Crippen molar-refractivity contribution in [3.63, 3.8) is 0 Å². The zero-order valence-electron chi connectivity index (χ0n) is 17.2. The van der Waals surface area contributed by atoms with Crippen LogP contribution in [0, 0.1) is 0 Å². The SMILES string of the molecule is CN=C(NCCc1ccc(NC(C)=O)cc1)NCc1cc2c(cc1OC(F)F)OCO2. The standard InChI is InChI=1S/C21H24F2N4O4/c1-13(28)27-16-5-3-14(4-6-16)7-8-25-21(24-2)26-11-15-9-18-19(30-12-29-18)10-17(15)31-20(22)23/h3-6,9-10,20H,7-8,11-12H2,1-2H3,(H,27,28)(H2,24,25,26). The second kappa shape index (κ2) is 10.5. The molecule has 1 amide bonds. The number of nitrogens with one attached hydrogen (secondary N) is 3. The van der Waals surface area contributed by atoms with Crippen LogP contribution in [-0.4, -0.2) is 38.9 Å². The van der Waals surface area contributed by atoms with Gasteiger partial charge in [0, 0.05) is 44.4 Å². The lowest BCUT2D eigenvalue weighted by atomic mass is 10.1. The smallest absolute Gasteiger partial charge is 0.387 e. The molecule has 8 nitrogen and oxygen atoms in total. The van der Waals surface area contributed by atoms with Crippen LogP contribution in [0.15, 0.2) is 41.4 Å². The van der Waals surface area contributed by atoms with E-state index in [2.05, 4.69) is 25.7 Å². The summed E-state index contributed by atoms with van der Waals surface area (Å²) in [6.07, 6.45) is 0.727. The van der Waals surface area contributed by atoms with Gasteiger partial charge in [0.15, 0.2) is 17.5 Å². The summed E-state index contributed by atoms with van der Waals surface area (Å²) in [6, 6.07) is 10.6. The number of hydrogen-bond acceptors (Lipinski definition) is 5. The van der Waals surface area contributed by atoms with Gasteiger partial charge in [-0.1, -0.05) is 12.1 Å². The monoisotopic (exact) mass is 434 g/mol. The van der Waals surface area contributed by atoms with E-state index in [1.165, 1.54) is 13.0 Å². The van der Waals surface area contributed by atoms with Crippen molar-refractivity contribution in [2.75, 3.05) is 25.7 Å². The van der Waals surface area contributed by atoms with Gasteiger partial charge in [0.05, 0.1) is 0 Å². The van der Waals surface area contributed by atoms with Crippen LogP contribution in [-0.2, 0) is 17.8 Å². The normalized spacial score (nSPS) is 12.6. The molecule has 0 saturated carbocycles. The molecule has 0 spiro atoms. The van der Waals surface area contributed by atoms with E-state index in [0.29, 0.717) is 29.6 Å². The van der Waals surface area contributed by atoms with E-state index in [1.54, 1.807) is 13.1 Å². The minimum atomic E-state index is -2.95. The Balaban J connectivity index is 1.53. The van der Waals surface area contributed by atoms with Gasteiger partial charge < -0.3 is 30.2 Å². The summed E-state index contributed by atoms with van der Waals surface area (Å²) in [5, 5.41) is 8.97. The van der Waals surface area contributed by atoms with Crippen LogP contribution < -0.4 is 30.2 Å². The molecule has 1 aliphatic rings. The Labute approximate surface area is 178 Å². The Morgan fingerprint density at radius 3 is 2.52 bits per heavy atom. The molecule has 0 aromatic heterocycles. The number of nitrogens with zero attached hydrogens (tertiary/aromatic N) is 1. The first-order chi connectivity index (χ1) is 14.9. The molecule has 0 saturated heterocycles. The van der Waals surface area contributed by atoms with Crippen LogP contribution >= 0.6 is 0 Å². The van der Waals surface area contributed by atoms with E-state index in [-0.39, 0.29) is 25.0 Å². The molecule has 0 radical (unpaired) electrons. The second-order valence-corrected chi connectivity index (χ2v) is 6.67. The molecule has 31 heavy (non-hydrogen) atoms. The van der Waals surface area contributed by atoms with E-state index in [0.717, 1.165) is 17.7 Å². The quantitative estimate of drug-likeness (QED) is 0.437. The van der Waals surface area contributed by atoms with Crippen LogP contribution in [0.2, 0.25) is 0 Å². The molecule has 0 fully saturated rings. The number of carbonyl (C=O) groups excluding carboxylic acids is 1. The summed E-state index contributed by atoms with van der Waals surface area (Å²) in [6.45, 7) is -0.656. The lowest BCUT2D eigenvalue weighted by Gasteiger charge is -2.15. The topological polar surface area (TPSA) is 93.2 Å². The first-order valence-corrected chi connectivity index (χ1v) is 9.63. The fraction of sp³-hybridized carbons (Fsp3) is 0.333. The first-order valence-electron chi connectivity index (χ1n) is 9.63. The van der Waals surface area contributed by atoms with Crippen molar-refractivity contribution in [2.45, 2.75) is 26.5 Å². The summed E-state index contributed by atoms with van der Waals surface area (Å²) in [5.41, 5.74) is 2.31. The first kappa shape index (κ1) is 22.1. The molecule has 0 unspecified atom stereocenters. The molecule has 0 bridgehead atoms. The van der Waals surface area contributed by atoms with Gasteiger partial charge in [-0.25, -0.2) is 0 Å². The number of fused-ring (bicyclic) bond motifs is 1. The number of carbonyl (C=O) groups is 1. The van der Waals surface area contributed by atoms with Crippen molar-refractivity contribution in [3.05, 3.63) is 47.5 Å². The van der Waals surface area contributed by atoms with Crippen LogP contribution in [0.3, 0.4) is 0 Å². The Kier molecular flexibility index (Phi) is 7.47. The Hall–Kier alpha value is -3.56. The predicted molar refractivity (Wildman–Crippen MR) is 112 cm³/mol. The Bertz CT molecular complexity index is 936. The van der Waals surface area contributed by atoms with Crippen molar-refractivity contribution in [2.24, 2.45) is 4.99 Å². The third-order valence-electron chi connectivity index (χ3n) is 4.42. The van der Waals surface area contributed by atoms with Crippen molar-refractivity contribution >= 4 is 17.6 Å². The summed E-state index contributed by atoms with van der Waals surface area (Å²) in [5.74, 6) is 1.25. The van der Waals surface area contributed by atoms with Gasteiger partial charge in [0.1, 0.15) is 5.75 Å². The molecule has 2 aromatic carbocycles. The van der Waals surface area contributed by atoms with Crippen LogP contribution in [0.25, 0.3) is 0 Å². The molecule has 166 valence electrons. The van der Waals surface area contributed by atoms with Crippen molar-refractivity contribution in [1.82, 2.24) is 10.6 Å². The maximum atomic E-state index is 12.8. The fourth-order valence-electron chi connectivity index (χ4n) is 2.99. The maximum Gasteiger partial charge on any atom is 0.387 e. The third kappa shape index (κ3) is 6.46. The lowest BCUT2D eigenvalue weighted by molar-refractivity contribution is -0.114. The Morgan fingerprint density at radius 2 is 1.87 bits per heavy atom. The van der Waals surface area contributed by atoms with Gasteiger partial charge >= 0.3 is 6.61 Å². The molecule has 1 heterocycles. The molecule has 2 aromatic rings. The van der Waals surface area contributed by atoms with Crippen LogP contribution in [0.1, 0.15) is 18.1 Å². The number of alkyl halides is 2. The number of benzene rings is 2.